The maximum Gasteiger partial charge on any atom is 0.264 e. The summed E-state index contributed by atoms with van der Waals surface area (Å²) in [7, 11) is 1.65. The predicted molar refractivity (Wildman–Crippen MR) is 164 cm³/mol. The van der Waals surface area contributed by atoms with Crippen LogP contribution < -0.4 is 16.6 Å². The molecule has 10 nitrogen and oxygen atoms in total. The van der Waals surface area contributed by atoms with E-state index in [2.05, 4.69) is 33.8 Å². The number of nitrogen functional groups attached to an aromatic ring is 1. The molecule has 3 heterocycles. The summed E-state index contributed by atoms with van der Waals surface area (Å²) in [4.78, 5) is 45.6. The molecule has 1 atom stereocenters. The van der Waals surface area contributed by atoms with Gasteiger partial charge < -0.3 is 16.0 Å². The van der Waals surface area contributed by atoms with Crippen LogP contribution in [0.4, 0.5) is 11.6 Å². The van der Waals surface area contributed by atoms with Gasteiger partial charge in [-0.3, -0.25) is 19.0 Å². The van der Waals surface area contributed by atoms with Crippen LogP contribution in [0.25, 0.3) is 16.5 Å². The van der Waals surface area contributed by atoms with Gasteiger partial charge in [0.15, 0.2) is 11.6 Å². The van der Waals surface area contributed by atoms with Gasteiger partial charge >= 0.3 is 0 Å². The van der Waals surface area contributed by atoms with E-state index in [-0.39, 0.29) is 28.7 Å². The lowest BCUT2D eigenvalue weighted by molar-refractivity contribution is -0.127. The minimum absolute atomic E-state index is 0.0382. The Hall–Kier alpha value is -5.43. The van der Waals surface area contributed by atoms with Crippen molar-refractivity contribution in [2.24, 2.45) is 12.0 Å². The van der Waals surface area contributed by atoms with E-state index in [4.69, 9.17) is 5.73 Å². The summed E-state index contributed by atoms with van der Waals surface area (Å²) in [5.74, 6) is 6.14. The summed E-state index contributed by atoms with van der Waals surface area (Å²) in [6.45, 7) is 6.44. The number of carbonyl (C=O) groups is 2. The molecule has 3 N–H and O–H groups in total. The van der Waals surface area contributed by atoms with Crippen LogP contribution in [0.3, 0.4) is 0 Å². The van der Waals surface area contributed by atoms with Crippen molar-refractivity contribution in [1.82, 2.24) is 24.6 Å². The summed E-state index contributed by atoms with van der Waals surface area (Å²) in [6.07, 6.45) is 4.33. The normalized spacial score (nSPS) is 13.8. The van der Waals surface area contributed by atoms with Gasteiger partial charge in [-0.2, -0.15) is 5.10 Å². The number of nitrogens with zero attached hydrogens (tertiary/aromatic N) is 5. The number of hydrogen-bond acceptors (Lipinski definition) is 6. The van der Waals surface area contributed by atoms with Gasteiger partial charge in [-0.1, -0.05) is 54.8 Å². The van der Waals surface area contributed by atoms with Crippen molar-refractivity contribution in [1.29, 1.82) is 0 Å². The molecule has 0 aliphatic carbocycles. The number of benzene rings is 2. The SMILES string of the molecule is C=C/C=N\c1c(C(=O)NC(C)c2cc3cccc(C#CCN4CCCC4=O)c3c(=O)n2-c2ccccc2)c(N)nn1C. The minimum Gasteiger partial charge on any atom is -0.381 e. The minimum atomic E-state index is -0.610. The molecule has 10 heteroatoms. The summed E-state index contributed by atoms with van der Waals surface area (Å²) in [5.41, 5.74) is 7.72. The molecule has 0 radical (unpaired) electrons. The molecule has 212 valence electrons. The number of para-hydroxylation sites is 1. The first-order chi connectivity index (χ1) is 20.3. The lowest BCUT2D eigenvalue weighted by atomic mass is 10.0. The van der Waals surface area contributed by atoms with Crippen molar-refractivity contribution < 1.29 is 9.59 Å². The van der Waals surface area contributed by atoms with E-state index < -0.39 is 11.9 Å². The van der Waals surface area contributed by atoms with Gasteiger partial charge in [-0.15, -0.1) is 0 Å². The number of fused-ring (bicyclic) bond motifs is 1. The number of aromatic nitrogens is 3. The second kappa shape index (κ2) is 12.0. The van der Waals surface area contributed by atoms with Crippen LogP contribution in [0.5, 0.6) is 0 Å². The number of pyridine rings is 1. The number of aryl methyl sites for hydroxylation is 1. The smallest absolute Gasteiger partial charge is 0.264 e. The van der Waals surface area contributed by atoms with Crippen molar-refractivity contribution >= 4 is 40.4 Å². The molecule has 0 bridgehead atoms. The van der Waals surface area contributed by atoms with E-state index in [9.17, 15) is 14.4 Å². The monoisotopic (exact) mass is 561 g/mol. The highest BCUT2D eigenvalue weighted by Crippen LogP contribution is 2.27. The Morgan fingerprint density at radius 1 is 1.21 bits per heavy atom. The van der Waals surface area contributed by atoms with Gasteiger partial charge in [0.25, 0.3) is 11.5 Å². The Balaban J connectivity index is 1.58. The number of aliphatic imine (C=N–C) groups is 1. The molecule has 0 spiro atoms. The van der Waals surface area contributed by atoms with Gasteiger partial charge in [0.1, 0.15) is 5.56 Å². The fraction of sp³-hybridized carbons (Fsp3) is 0.219. The molecular formula is C32H31N7O3. The quantitative estimate of drug-likeness (QED) is 0.263. The fourth-order valence-corrected chi connectivity index (χ4v) is 5.12. The highest BCUT2D eigenvalue weighted by Gasteiger charge is 2.25. The van der Waals surface area contributed by atoms with Crippen LogP contribution in [-0.4, -0.2) is 50.4 Å². The largest absolute Gasteiger partial charge is 0.381 e. The Kier molecular flexibility index (Phi) is 8.02. The average Bonchev–Trinajstić information content (AvgIpc) is 3.52. The first kappa shape index (κ1) is 28.1. The zero-order valence-electron chi connectivity index (χ0n) is 23.5. The van der Waals surface area contributed by atoms with Crippen LogP contribution in [0, 0.1) is 11.8 Å². The third-order valence-corrected chi connectivity index (χ3v) is 7.12. The van der Waals surface area contributed by atoms with Gasteiger partial charge in [-0.25, -0.2) is 9.67 Å². The van der Waals surface area contributed by atoms with Crippen LogP contribution in [0.15, 0.2) is 77.0 Å². The van der Waals surface area contributed by atoms with E-state index in [0.29, 0.717) is 47.2 Å². The number of anilines is 1. The highest BCUT2D eigenvalue weighted by atomic mass is 16.2. The molecule has 1 aliphatic heterocycles. The van der Waals surface area contributed by atoms with Crippen LogP contribution >= 0.6 is 0 Å². The van der Waals surface area contributed by atoms with E-state index >= 15 is 0 Å². The van der Waals surface area contributed by atoms with Crippen LogP contribution in [0.2, 0.25) is 0 Å². The molecule has 1 saturated heterocycles. The zero-order chi connectivity index (χ0) is 29.8. The van der Waals surface area contributed by atoms with Crippen molar-refractivity contribution in [3.8, 4) is 17.5 Å². The molecular weight excluding hydrogens is 530 g/mol. The second-order valence-electron chi connectivity index (χ2n) is 9.95. The van der Waals surface area contributed by atoms with Gasteiger partial charge in [-0.05, 0) is 43.0 Å². The number of allylic oxidation sites excluding steroid dienone is 1. The van der Waals surface area contributed by atoms with Gasteiger partial charge in [0, 0.05) is 43.2 Å². The summed E-state index contributed by atoms with van der Waals surface area (Å²) in [6, 6.07) is 16.0. The Bertz CT molecular complexity index is 1840. The van der Waals surface area contributed by atoms with E-state index in [1.54, 1.807) is 29.5 Å². The average molecular weight is 562 g/mol. The van der Waals surface area contributed by atoms with Crippen LogP contribution in [-0.2, 0) is 11.8 Å². The van der Waals surface area contributed by atoms with Gasteiger partial charge in [0.2, 0.25) is 5.91 Å². The second-order valence-corrected chi connectivity index (χ2v) is 9.95. The maximum atomic E-state index is 14.2. The van der Waals surface area contributed by atoms with Crippen molar-refractivity contribution in [2.75, 3.05) is 18.8 Å². The number of carbonyl (C=O) groups excluding carboxylic acids is 2. The molecule has 2 amide bonds. The molecule has 2 aromatic carbocycles. The third-order valence-electron chi connectivity index (χ3n) is 7.12. The first-order valence-electron chi connectivity index (χ1n) is 13.6. The molecule has 1 unspecified atom stereocenters. The molecule has 4 aromatic rings. The molecule has 2 aromatic heterocycles. The number of amides is 2. The van der Waals surface area contributed by atoms with Gasteiger partial charge in [0.05, 0.1) is 18.0 Å². The Morgan fingerprint density at radius 3 is 2.71 bits per heavy atom. The predicted octanol–water partition coefficient (Wildman–Crippen LogP) is 3.66. The third kappa shape index (κ3) is 5.45. The van der Waals surface area contributed by atoms with Crippen LogP contribution in [0.1, 0.15) is 47.4 Å². The molecule has 5 rings (SSSR count). The zero-order valence-corrected chi connectivity index (χ0v) is 23.5. The molecule has 1 aliphatic rings. The van der Waals surface area contributed by atoms with E-state index in [0.717, 1.165) is 6.42 Å². The lowest BCUT2D eigenvalue weighted by Crippen LogP contribution is -2.32. The van der Waals surface area contributed by atoms with E-state index in [1.807, 2.05) is 48.5 Å². The summed E-state index contributed by atoms with van der Waals surface area (Å²) >= 11 is 0. The standard InChI is InChI=1S/C32H31N7O3/c1-4-17-34-30-28(29(33)36-37(30)3)31(41)35-21(2)25-20-23-12-8-11-22(13-9-18-38-19-10-16-26(38)40)27(23)32(42)39(25)24-14-6-5-7-15-24/h4-8,11-12,14-15,17,20-21H,1,10,16,18-19H2,2-3H3,(H2,33,36)(H,35,41)/b34-17-. The number of likely N-dealkylation sites (tertiary alicyclic amines) is 1. The summed E-state index contributed by atoms with van der Waals surface area (Å²) in [5, 5.41) is 8.26. The number of nitrogens with two attached hydrogens (primary N) is 1. The number of hydrogen-bond donors (Lipinski definition) is 2. The van der Waals surface area contributed by atoms with Crippen molar-refractivity contribution in [2.45, 2.75) is 25.8 Å². The fourth-order valence-electron chi connectivity index (χ4n) is 5.12. The maximum absolute atomic E-state index is 14.2. The van der Waals surface area contributed by atoms with E-state index in [1.165, 1.54) is 17.0 Å². The highest BCUT2D eigenvalue weighted by molar-refractivity contribution is 6.03. The van der Waals surface area contributed by atoms with Crippen molar-refractivity contribution in [3.63, 3.8) is 0 Å². The first-order valence-corrected chi connectivity index (χ1v) is 13.6. The topological polar surface area (TPSA) is 128 Å². The number of rotatable bonds is 7. The Morgan fingerprint density at radius 2 is 2.00 bits per heavy atom. The lowest BCUT2D eigenvalue weighted by Gasteiger charge is -2.21. The Labute approximate surface area is 243 Å². The molecule has 0 saturated carbocycles. The molecule has 42 heavy (non-hydrogen) atoms. The summed E-state index contributed by atoms with van der Waals surface area (Å²) < 4.78 is 3.01. The van der Waals surface area contributed by atoms with Crippen molar-refractivity contribution in [3.05, 3.63) is 94.4 Å². The number of nitrogens with one attached hydrogen (secondary N) is 1. The molecule has 1 fully saturated rings.